The number of sulfone groups is 1. The molecule has 0 atom stereocenters. The predicted molar refractivity (Wildman–Crippen MR) is 76.5 cm³/mol. The smallest absolute Gasteiger partial charge is 0.225 e. The topological polar surface area (TPSA) is 92.7 Å². The van der Waals surface area contributed by atoms with E-state index in [4.69, 9.17) is 4.74 Å². The van der Waals surface area contributed by atoms with Gasteiger partial charge in [0.1, 0.15) is 15.6 Å². The Morgan fingerprint density at radius 3 is 2.65 bits per heavy atom. The van der Waals surface area contributed by atoms with Crippen molar-refractivity contribution in [1.29, 1.82) is 0 Å². The van der Waals surface area contributed by atoms with E-state index < -0.39 is 9.84 Å². The number of aliphatic hydroxyl groups excluding tert-OH is 1. The molecule has 2 N–H and O–H groups in total. The van der Waals surface area contributed by atoms with Gasteiger partial charge in [0.2, 0.25) is 5.91 Å². The number of carbonyl (C=O) groups excluding carboxylic acids is 1. The number of carbonyl (C=O) groups is 1. The van der Waals surface area contributed by atoms with Crippen LogP contribution in [0, 0.1) is 0 Å². The molecule has 6 nitrogen and oxygen atoms in total. The summed E-state index contributed by atoms with van der Waals surface area (Å²) in [6, 6.07) is 4.90. The Morgan fingerprint density at radius 2 is 2.10 bits per heavy atom. The number of amides is 1. The molecule has 1 rings (SSSR count). The van der Waals surface area contributed by atoms with Gasteiger partial charge in [-0.2, -0.15) is 0 Å². The molecule has 0 saturated heterocycles. The first-order valence-electron chi connectivity index (χ1n) is 6.20. The van der Waals surface area contributed by atoms with Gasteiger partial charge in [0, 0.05) is 23.9 Å². The van der Waals surface area contributed by atoms with Crippen molar-refractivity contribution in [1.82, 2.24) is 0 Å². The first kappa shape index (κ1) is 16.5. The van der Waals surface area contributed by atoms with E-state index in [0.717, 1.165) is 6.26 Å². The normalized spacial score (nSPS) is 11.2. The number of nitrogens with one attached hydrogen (secondary N) is 1. The molecule has 0 radical (unpaired) electrons. The molecule has 1 aromatic rings. The van der Waals surface area contributed by atoms with Crippen LogP contribution in [0.1, 0.15) is 18.9 Å². The highest BCUT2D eigenvalue weighted by molar-refractivity contribution is 7.90. The van der Waals surface area contributed by atoms with Gasteiger partial charge in [-0.25, -0.2) is 8.42 Å². The van der Waals surface area contributed by atoms with Crippen molar-refractivity contribution in [3.63, 3.8) is 0 Å². The third-order valence-corrected chi connectivity index (χ3v) is 3.46. The van der Waals surface area contributed by atoms with Gasteiger partial charge in [0.05, 0.1) is 19.0 Å². The van der Waals surface area contributed by atoms with Gasteiger partial charge >= 0.3 is 0 Å². The number of benzene rings is 1. The Bertz CT molecular complexity index is 568. The lowest BCUT2D eigenvalue weighted by molar-refractivity contribution is -0.115. The molecule has 0 aromatic heterocycles. The summed E-state index contributed by atoms with van der Waals surface area (Å²) in [6.07, 6.45) is 0.988. The average Bonchev–Trinajstić information content (AvgIpc) is 2.37. The second-order valence-electron chi connectivity index (χ2n) is 4.34. The number of ether oxygens (including phenoxy) is 1. The number of hydrogen-bond acceptors (Lipinski definition) is 5. The van der Waals surface area contributed by atoms with Crippen molar-refractivity contribution in [2.24, 2.45) is 0 Å². The molecular formula is C13H19NO5S. The molecule has 1 aromatic carbocycles. The summed E-state index contributed by atoms with van der Waals surface area (Å²) < 4.78 is 27.3. The van der Waals surface area contributed by atoms with Crippen LogP contribution in [0.25, 0.3) is 0 Å². The van der Waals surface area contributed by atoms with E-state index in [2.05, 4.69) is 5.32 Å². The zero-order valence-electron chi connectivity index (χ0n) is 11.5. The molecule has 0 aliphatic carbocycles. The zero-order chi connectivity index (χ0) is 15.2. The molecule has 7 heteroatoms. The highest BCUT2D eigenvalue weighted by atomic mass is 32.2. The summed E-state index contributed by atoms with van der Waals surface area (Å²) in [5, 5.41) is 11.8. The van der Waals surface area contributed by atoms with Gasteiger partial charge in [0.25, 0.3) is 0 Å². The predicted octanol–water partition coefficient (Wildman–Crippen LogP) is 0.951. The van der Waals surface area contributed by atoms with Crippen LogP contribution in [0.2, 0.25) is 0 Å². The van der Waals surface area contributed by atoms with E-state index in [1.165, 1.54) is 0 Å². The van der Waals surface area contributed by atoms with E-state index >= 15 is 0 Å². The quantitative estimate of drug-likeness (QED) is 0.782. The average molecular weight is 301 g/mol. The minimum Gasteiger partial charge on any atom is -0.494 e. The SMILES string of the molecule is CCOc1ccc(NC(=O)CCS(C)(=O)=O)cc1CO. The lowest BCUT2D eigenvalue weighted by Crippen LogP contribution is -2.16. The molecule has 0 saturated carbocycles. The highest BCUT2D eigenvalue weighted by Gasteiger charge is 2.10. The summed E-state index contributed by atoms with van der Waals surface area (Å²) in [7, 11) is -3.16. The van der Waals surface area contributed by atoms with E-state index in [1.54, 1.807) is 18.2 Å². The summed E-state index contributed by atoms with van der Waals surface area (Å²) in [5.41, 5.74) is 1.06. The van der Waals surface area contributed by atoms with Crippen molar-refractivity contribution >= 4 is 21.4 Å². The summed E-state index contributed by atoms with van der Waals surface area (Å²) in [5.74, 6) is -0.0180. The van der Waals surface area contributed by atoms with Gasteiger partial charge in [-0.1, -0.05) is 0 Å². The maximum absolute atomic E-state index is 11.6. The monoisotopic (exact) mass is 301 g/mol. The zero-order valence-corrected chi connectivity index (χ0v) is 12.4. The van der Waals surface area contributed by atoms with Crippen molar-refractivity contribution in [3.05, 3.63) is 23.8 Å². The second-order valence-corrected chi connectivity index (χ2v) is 6.60. The third kappa shape index (κ3) is 5.58. The van der Waals surface area contributed by atoms with Gasteiger partial charge in [0.15, 0.2) is 0 Å². The van der Waals surface area contributed by atoms with E-state index in [0.29, 0.717) is 23.6 Å². The third-order valence-electron chi connectivity index (χ3n) is 2.51. The largest absolute Gasteiger partial charge is 0.494 e. The van der Waals surface area contributed by atoms with Crippen LogP contribution in [0.15, 0.2) is 18.2 Å². The fourth-order valence-electron chi connectivity index (χ4n) is 1.58. The van der Waals surface area contributed by atoms with Gasteiger partial charge in [-0.05, 0) is 25.1 Å². The first-order chi connectivity index (χ1) is 9.35. The van der Waals surface area contributed by atoms with Crippen molar-refractivity contribution in [2.45, 2.75) is 20.0 Å². The summed E-state index contributed by atoms with van der Waals surface area (Å²) in [4.78, 5) is 11.6. The van der Waals surface area contributed by atoms with Crippen LogP contribution in [0.3, 0.4) is 0 Å². The molecule has 20 heavy (non-hydrogen) atoms. The van der Waals surface area contributed by atoms with E-state index in [-0.39, 0.29) is 24.7 Å². The lowest BCUT2D eigenvalue weighted by Gasteiger charge is -2.11. The fraction of sp³-hybridized carbons (Fsp3) is 0.462. The highest BCUT2D eigenvalue weighted by Crippen LogP contribution is 2.23. The van der Waals surface area contributed by atoms with Crippen LogP contribution < -0.4 is 10.1 Å². The minimum atomic E-state index is -3.16. The lowest BCUT2D eigenvalue weighted by atomic mass is 10.2. The second kappa shape index (κ2) is 7.25. The Morgan fingerprint density at radius 1 is 1.40 bits per heavy atom. The van der Waals surface area contributed by atoms with Crippen LogP contribution in [0.4, 0.5) is 5.69 Å². The van der Waals surface area contributed by atoms with Crippen LogP contribution in [-0.2, 0) is 21.2 Å². The standard InChI is InChI=1S/C13H19NO5S/c1-3-19-12-5-4-11(8-10(12)9-15)14-13(16)6-7-20(2,17)18/h4-5,8,15H,3,6-7,9H2,1-2H3,(H,14,16). The van der Waals surface area contributed by atoms with Gasteiger partial charge < -0.3 is 15.2 Å². The molecule has 112 valence electrons. The Hall–Kier alpha value is -1.60. The number of rotatable bonds is 7. The van der Waals surface area contributed by atoms with Crippen LogP contribution in [-0.4, -0.2) is 38.0 Å². The molecule has 0 heterocycles. The molecule has 0 bridgehead atoms. The number of hydrogen-bond donors (Lipinski definition) is 2. The number of anilines is 1. The molecule has 0 unspecified atom stereocenters. The van der Waals surface area contributed by atoms with Crippen molar-refractivity contribution in [2.75, 3.05) is 23.9 Å². The van der Waals surface area contributed by atoms with E-state index in [9.17, 15) is 18.3 Å². The van der Waals surface area contributed by atoms with Crippen LogP contribution in [0.5, 0.6) is 5.75 Å². The minimum absolute atomic E-state index is 0.0967. The Balaban J connectivity index is 2.70. The van der Waals surface area contributed by atoms with Gasteiger partial charge in [-0.3, -0.25) is 4.79 Å². The summed E-state index contributed by atoms with van der Waals surface area (Å²) >= 11 is 0. The molecule has 0 spiro atoms. The maximum Gasteiger partial charge on any atom is 0.225 e. The Labute approximate surface area is 118 Å². The van der Waals surface area contributed by atoms with Crippen LogP contribution >= 0.6 is 0 Å². The molecule has 0 aliphatic rings. The fourth-order valence-corrected chi connectivity index (χ4v) is 2.13. The molecular weight excluding hydrogens is 282 g/mol. The van der Waals surface area contributed by atoms with Gasteiger partial charge in [-0.15, -0.1) is 0 Å². The summed E-state index contributed by atoms with van der Waals surface area (Å²) in [6.45, 7) is 2.11. The maximum atomic E-state index is 11.6. The molecule has 0 aliphatic heterocycles. The molecule has 1 amide bonds. The van der Waals surface area contributed by atoms with Crippen molar-refractivity contribution in [3.8, 4) is 5.75 Å². The number of aliphatic hydroxyl groups is 1. The first-order valence-corrected chi connectivity index (χ1v) is 8.26. The van der Waals surface area contributed by atoms with Crippen molar-refractivity contribution < 1.29 is 23.1 Å². The van der Waals surface area contributed by atoms with E-state index in [1.807, 2.05) is 6.92 Å². The molecule has 0 fully saturated rings. The Kier molecular flexibility index (Phi) is 5.97.